The Kier molecular flexibility index (Phi) is 7.16. The Balaban J connectivity index is 1.89. The van der Waals surface area contributed by atoms with Gasteiger partial charge in [0.2, 0.25) is 0 Å². The number of hydrogen-bond donors (Lipinski definition) is 0. The number of aromatic nitrogens is 2. The molecule has 0 amide bonds. The monoisotopic (exact) mass is 455 g/mol. The van der Waals surface area contributed by atoms with Gasteiger partial charge in [0.1, 0.15) is 16.5 Å². The quantitative estimate of drug-likeness (QED) is 0.408. The second-order valence-corrected chi connectivity index (χ2v) is 9.08. The standard InChI is InChI=1S/C25H33N3O3S/c1-6-11-27(15-18-10-12-31-16-18)24-20-9-7-8-19(28(20)26-25(24)32-5)23-21(29-3)13-17(2)14-22(23)30-4/h7-9,13-14,18H,6,10-12,15-16H2,1-5H3. The number of ether oxygens (including phenoxy) is 3. The summed E-state index contributed by atoms with van der Waals surface area (Å²) in [6.07, 6.45) is 4.30. The lowest BCUT2D eigenvalue weighted by molar-refractivity contribution is 0.186. The van der Waals surface area contributed by atoms with Gasteiger partial charge in [0.25, 0.3) is 0 Å². The number of fused-ring (bicyclic) bond motifs is 1. The molecule has 2 aromatic heterocycles. The van der Waals surface area contributed by atoms with E-state index in [0.717, 1.165) is 78.0 Å². The van der Waals surface area contributed by atoms with Crippen molar-refractivity contribution in [1.29, 1.82) is 0 Å². The molecule has 0 aliphatic carbocycles. The summed E-state index contributed by atoms with van der Waals surface area (Å²) in [5.41, 5.74) is 5.27. The summed E-state index contributed by atoms with van der Waals surface area (Å²) in [4.78, 5) is 2.50. The van der Waals surface area contributed by atoms with Gasteiger partial charge in [-0.1, -0.05) is 13.0 Å². The van der Waals surface area contributed by atoms with Crippen LogP contribution in [0.25, 0.3) is 16.8 Å². The van der Waals surface area contributed by atoms with Crippen LogP contribution < -0.4 is 14.4 Å². The zero-order chi connectivity index (χ0) is 22.7. The first-order valence-corrected chi connectivity index (χ1v) is 12.4. The highest BCUT2D eigenvalue weighted by atomic mass is 32.2. The van der Waals surface area contributed by atoms with Crippen LogP contribution in [-0.2, 0) is 4.74 Å². The lowest BCUT2D eigenvalue weighted by atomic mass is 10.1. The Hall–Kier alpha value is -2.38. The van der Waals surface area contributed by atoms with Crippen LogP contribution in [0, 0.1) is 12.8 Å². The largest absolute Gasteiger partial charge is 0.496 e. The second-order valence-electron chi connectivity index (χ2n) is 8.29. The summed E-state index contributed by atoms with van der Waals surface area (Å²) in [6.45, 7) is 7.97. The molecular weight excluding hydrogens is 422 g/mol. The molecule has 0 N–H and O–H groups in total. The van der Waals surface area contributed by atoms with Crippen LogP contribution in [0.1, 0.15) is 25.3 Å². The van der Waals surface area contributed by atoms with Crippen molar-refractivity contribution < 1.29 is 14.2 Å². The average Bonchev–Trinajstić information content (AvgIpc) is 3.45. The maximum atomic E-state index is 5.76. The average molecular weight is 456 g/mol. The van der Waals surface area contributed by atoms with Crippen molar-refractivity contribution in [2.45, 2.75) is 31.7 Å². The Morgan fingerprint density at radius 2 is 1.97 bits per heavy atom. The molecule has 1 aliphatic rings. The maximum Gasteiger partial charge on any atom is 0.142 e. The van der Waals surface area contributed by atoms with Crippen LogP contribution >= 0.6 is 11.8 Å². The summed E-state index contributed by atoms with van der Waals surface area (Å²) >= 11 is 1.69. The van der Waals surface area contributed by atoms with Crippen molar-refractivity contribution in [3.05, 3.63) is 35.9 Å². The van der Waals surface area contributed by atoms with Gasteiger partial charge in [-0.3, -0.25) is 0 Å². The Labute approximate surface area is 194 Å². The molecule has 3 heterocycles. The molecule has 32 heavy (non-hydrogen) atoms. The Bertz CT molecular complexity index is 1050. The minimum absolute atomic E-state index is 0.562. The first-order chi connectivity index (χ1) is 15.6. The summed E-state index contributed by atoms with van der Waals surface area (Å²) in [5, 5.41) is 6.09. The van der Waals surface area contributed by atoms with Gasteiger partial charge in [0.15, 0.2) is 0 Å². The van der Waals surface area contributed by atoms with Crippen molar-refractivity contribution >= 4 is 23.0 Å². The fourth-order valence-electron chi connectivity index (χ4n) is 4.56. The van der Waals surface area contributed by atoms with E-state index in [1.54, 1.807) is 26.0 Å². The van der Waals surface area contributed by atoms with Crippen LogP contribution in [0.2, 0.25) is 0 Å². The normalized spacial score (nSPS) is 16.0. The van der Waals surface area contributed by atoms with Gasteiger partial charge >= 0.3 is 0 Å². The lowest BCUT2D eigenvalue weighted by Gasteiger charge is -2.27. The molecule has 1 atom stereocenters. The fraction of sp³-hybridized carbons (Fsp3) is 0.480. The van der Waals surface area contributed by atoms with E-state index < -0.39 is 0 Å². The number of methoxy groups -OCH3 is 2. The van der Waals surface area contributed by atoms with E-state index in [1.165, 1.54) is 5.69 Å². The fourth-order valence-corrected chi connectivity index (χ4v) is 5.15. The molecule has 3 aromatic rings. The summed E-state index contributed by atoms with van der Waals surface area (Å²) in [7, 11) is 3.40. The number of hydrogen-bond acceptors (Lipinski definition) is 6. The molecular formula is C25H33N3O3S. The molecule has 1 fully saturated rings. The van der Waals surface area contributed by atoms with Gasteiger partial charge in [-0.2, -0.15) is 5.10 Å². The van der Waals surface area contributed by atoms with Gasteiger partial charge in [0.05, 0.1) is 43.3 Å². The Morgan fingerprint density at radius 3 is 2.56 bits per heavy atom. The van der Waals surface area contributed by atoms with Crippen molar-refractivity contribution in [1.82, 2.24) is 9.61 Å². The van der Waals surface area contributed by atoms with Gasteiger partial charge in [0, 0.05) is 25.6 Å². The van der Waals surface area contributed by atoms with Crippen molar-refractivity contribution in [3.8, 4) is 22.8 Å². The Morgan fingerprint density at radius 1 is 1.22 bits per heavy atom. The number of rotatable bonds is 9. The highest BCUT2D eigenvalue weighted by molar-refractivity contribution is 7.98. The predicted octanol–water partition coefficient (Wildman–Crippen LogP) is 5.30. The molecule has 1 unspecified atom stereocenters. The molecule has 172 valence electrons. The van der Waals surface area contributed by atoms with Crippen LogP contribution in [0.15, 0.2) is 35.4 Å². The molecule has 1 saturated heterocycles. The smallest absolute Gasteiger partial charge is 0.142 e. The lowest BCUT2D eigenvalue weighted by Crippen LogP contribution is -2.30. The molecule has 7 heteroatoms. The van der Waals surface area contributed by atoms with E-state index in [2.05, 4.69) is 36.3 Å². The van der Waals surface area contributed by atoms with E-state index >= 15 is 0 Å². The van der Waals surface area contributed by atoms with Crippen LogP contribution in [0.3, 0.4) is 0 Å². The zero-order valence-corrected chi connectivity index (χ0v) is 20.5. The van der Waals surface area contributed by atoms with Crippen LogP contribution in [-0.4, -0.2) is 56.4 Å². The minimum Gasteiger partial charge on any atom is -0.496 e. The first-order valence-electron chi connectivity index (χ1n) is 11.2. The third-order valence-electron chi connectivity index (χ3n) is 6.01. The van der Waals surface area contributed by atoms with Crippen LogP contribution in [0.4, 0.5) is 5.69 Å². The van der Waals surface area contributed by atoms with Gasteiger partial charge in [-0.05, 0) is 55.9 Å². The van der Waals surface area contributed by atoms with E-state index in [0.29, 0.717) is 5.92 Å². The van der Waals surface area contributed by atoms with E-state index in [4.69, 9.17) is 19.3 Å². The number of anilines is 1. The summed E-state index contributed by atoms with van der Waals surface area (Å²) in [5.74, 6) is 2.13. The van der Waals surface area contributed by atoms with Gasteiger partial charge in [-0.15, -0.1) is 11.8 Å². The maximum absolute atomic E-state index is 5.76. The van der Waals surface area contributed by atoms with Crippen molar-refractivity contribution in [2.75, 3.05) is 51.7 Å². The van der Waals surface area contributed by atoms with Gasteiger partial charge in [-0.25, -0.2) is 4.52 Å². The molecule has 4 rings (SSSR count). The molecule has 0 spiro atoms. The SMILES string of the molecule is CCCN(CC1CCOC1)c1c(SC)nn2c(-c3c(OC)cc(C)cc3OC)cccc12. The predicted molar refractivity (Wildman–Crippen MR) is 132 cm³/mol. The molecule has 0 radical (unpaired) electrons. The number of pyridine rings is 1. The van der Waals surface area contributed by atoms with E-state index in [9.17, 15) is 0 Å². The number of benzene rings is 1. The molecule has 0 saturated carbocycles. The molecule has 1 aromatic carbocycles. The number of thioether (sulfide) groups is 1. The molecule has 1 aliphatic heterocycles. The van der Waals surface area contributed by atoms with Gasteiger partial charge < -0.3 is 19.1 Å². The third kappa shape index (κ3) is 4.28. The molecule has 0 bridgehead atoms. The van der Waals surface area contributed by atoms with E-state index in [-0.39, 0.29) is 0 Å². The second kappa shape index (κ2) is 10.0. The molecule has 6 nitrogen and oxygen atoms in total. The highest BCUT2D eigenvalue weighted by Crippen LogP contribution is 2.42. The van der Waals surface area contributed by atoms with Crippen molar-refractivity contribution in [2.24, 2.45) is 5.92 Å². The first kappa shape index (κ1) is 22.8. The number of aryl methyl sites for hydroxylation is 1. The topological polar surface area (TPSA) is 48.2 Å². The van der Waals surface area contributed by atoms with Crippen molar-refractivity contribution in [3.63, 3.8) is 0 Å². The van der Waals surface area contributed by atoms with Crippen LogP contribution in [0.5, 0.6) is 11.5 Å². The highest BCUT2D eigenvalue weighted by Gasteiger charge is 2.26. The third-order valence-corrected chi connectivity index (χ3v) is 6.67. The number of nitrogens with zero attached hydrogens (tertiary/aromatic N) is 3. The summed E-state index contributed by atoms with van der Waals surface area (Å²) < 4.78 is 19.2. The summed E-state index contributed by atoms with van der Waals surface area (Å²) in [6, 6.07) is 10.4. The minimum atomic E-state index is 0.562. The zero-order valence-electron chi connectivity index (χ0n) is 19.7. The van der Waals surface area contributed by atoms with E-state index in [1.807, 2.05) is 23.6 Å².